The van der Waals surface area contributed by atoms with Crippen molar-refractivity contribution in [3.8, 4) is 6.07 Å². The zero-order valence-electron chi connectivity index (χ0n) is 12.1. The van der Waals surface area contributed by atoms with Gasteiger partial charge in [0.05, 0.1) is 11.8 Å². The fourth-order valence-electron chi connectivity index (χ4n) is 1.94. The predicted molar refractivity (Wildman–Crippen MR) is 86.9 cm³/mol. The summed E-state index contributed by atoms with van der Waals surface area (Å²) in [6, 6.07) is 19.6. The number of nitrogens with one attached hydrogen (secondary N) is 2. The topological polar surface area (TPSA) is 103 Å². The summed E-state index contributed by atoms with van der Waals surface area (Å²) in [6.45, 7) is 0. The monoisotopic (exact) mass is 303 g/mol. The average Bonchev–Trinajstić information content (AvgIpc) is 3.12. The summed E-state index contributed by atoms with van der Waals surface area (Å²) in [5.74, 6) is -0.325. The third kappa shape index (κ3) is 3.77. The first-order valence-corrected chi connectivity index (χ1v) is 6.94. The quantitative estimate of drug-likeness (QED) is 0.705. The Kier molecular flexibility index (Phi) is 4.36. The first kappa shape index (κ1) is 14.4. The number of para-hydroxylation sites is 1. The van der Waals surface area contributed by atoms with Gasteiger partial charge in [0, 0.05) is 17.6 Å². The van der Waals surface area contributed by atoms with Crippen LogP contribution in [-0.2, 0) is 0 Å². The molecule has 0 aliphatic rings. The minimum absolute atomic E-state index is 0.304. The highest BCUT2D eigenvalue weighted by atomic mass is 15.5. The highest BCUT2D eigenvalue weighted by Gasteiger charge is 2.12. The van der Waals surface area contributed by atoms with Crippen LogP contribution >= 0.6 is 0 Å². The predicted octanol–water partition coefficient (Wildman–Crippen LogP) is 2.95. The summed E-state index contributed by atoms with van der Waals surface area (Å²) in [4.78, 5) is 4.28. The van der Waals surface area contributed by atoms with E-state index in [1.165, 1.54) is 6.21 Å². The molecule has 0 aliphatic heterocycles. The molecule has 23 heavy (non-hydrogen) atoms. The number of H-pyrrole nitrogens is 1. The van der Waals surface area contributed by atoms with Crippen molar-refractivity contribution in [2.45, 2.75) is 5.92 Å². The van der Waals surface area contributed by atoms with E-state index in [0.717, 1.165) is 17.1 Å². The molecule has 0 saturated heterocycles. The zero-order valence-corrected chi connectivity index (χ0v) is 12.1. The molecule has 3 rings (SSSR count). The molecule has 2 N–H and O–H groups in total. The minimum atomic E-state index is -0.629. The molecule has 0 spiro atoms. The number of nitriles is 1. The summed E-state index contributed by atoms with van der Waals surface area (Å²) >= 11 is 0. The van der Waals surface area contributed by atoms with Crippen molar-refractivity contribution in [3.05, 3.63) is 60.4 Å². The molecular weight excluding hydrogens is 290 g/mol. The van der Waals surface area contributed by atoms with Crippen LogP contribution in [0.2, 0.25) is 0 Å². The number of nitrogens with zero attached hydrogens (tertiary/aromatic N) is 5. The average molecular weight is 303 g/mol. The molecule has 0 amide bonds. The Morgan fingerprint density at radius 3 is 2.48 bits per heavy atom. The lowest BCUT2D eigenvalue weighted by atomic mass is 10.2. The number of hydrogen-bond acceptors (Lipinski definition) is 6. The minimum Gasteiger partial charge on any atom is -0.356 e. The second-order valence-corrected chi connectivity index (χ2v) is 4.69. The van der Waals surface area contributed by atoms with Crippen molar-refractivity contribution in [1.29, 1.82) is 5.26 Å². The molecule has 0 aliphatic carbocycles. The van der Waals surface area contributed by atoms with Crippen LogP contribution in [0.15, 0.2) is 59.6 Å². The fraction of sp³-hybridized carbons (Fsp3) is 0.0625. The second-order valence-electron chi connectivity index (χ2n) is 4.69. The van der Waals surface area contributed by atoms with Gasteiger partial charge in [0.2, 0.25) is 0 Å². The van der Waals surface area contributed by atoms with E-state index in [2.05, 4.69) is 37.0 Å². The number of rotatable bonds is 5. The van der Waals surface area contributed by atoms with Crippen molar-refractivity contribution in [2.24, 2.45) is 4.99 Å². The summed E-state index contributed by atoms with van der Waals surface area (Å²) in [6.07, 6.45) is 1.50. The van der Waals surface area contributed by atoms with Crippen LogP contribution in [0.4, 0.5) is 17.1 Å². The molecule has 1 atom stereocenters. The lowest BCUT2D eigenvalue weighted by Gasteiger charge is -2.06. The lowest BCUT2D eigenvalue weighted by Crippen LogP contribution is -1.99. The number of tetrazole rings is 1. The summed E-state index contributed by atoms with van der Waals surface area (Å²) in [5.41, 5.74) is 2.72. The van der Waals surface area contributed by atoms with Gasteiger partial charge in [-0.25, -0.2) is 0 Å². The van der Waals surface area contributed by atoms with E-state index < -0.39 is 5.92 Å². The number of aliphatic imine (C=N–C) groups is 1. The highest BCUT2D eigenvalue weighted by molar-refractivity contribution is 5.73. The SMILES string of the molecule is N#CC(C=Nc1ccc(Nc2ccccc2)cc1)c1nn[nH]n1. The van der Waals surface area contributed by atoms with E-state index in [4.69, 9.17) is 5.26 Å². The van der Waals surface area contributed by atoms with Gasteiger partial charge in [0.25, 0.3) is 0 Å². The number of benzene rings is 2. The van der Waals surface area contributed by atoms with Crippen LogP contribution in [0.25, 0.3) is 0 Å². The Morgan fingerprint density at radius 1 is 1.09 bits per heavy atom. The fourth-order valence-corrected chi connectivity index (χ4v) is 1.94. The summed E-state index contributed by atoms with van der Waals surface area (Å²) < 4.78 is 0. The standard InChI is InChI=1S/C16H13N7/c17-10-12(16-20-22-23-21-16)11-18-13-6-8-15(9-7-13)19-14-4-2-1-3-5-14/h1-9,11-12,19H,(H,20,21,22,23). The molecule has 2 aromatic carbocycles. The molecule has 1 heterocycles. The van der Waals surface area contributed by atoms with Crippen molar-refractivity contribution in [3.63, 3.8) is 0 Å². The van der Waals surface area contributed by atoms with Crippen LogP contribution < -0.4 is 5.32 Å². The van der Waals surface area contributed by atoms with Crippen LogP contribution in [-0.4, -0.2) is 26.8 Å². The van der Waals surface area contributed by atoms with Crippen LogP contribution in [0, 0.1) is 11.3 Å². The van der Waals surface area contributed by atoms with E-state index in [1.54, 1.807) is 0 Å². The normalized spacial score (nSPS) is 12.0. The zero-order chi connectivity index (χ0) is 15.9. The van der Waals surface area contributed by atoms with Crippen LogP contribution in [0.5, 0.6) is 0 Å². The van der Waals surface area contributed by atoms with Gasteiger partial charge in [0.1, 0.15) is 5.92 Å². The molecule has 1 aromatic heterocycles. The molecule has 0 bridgehead atoms. The first-order chi connectivity index (χ1) is 11.3. The molecule has 7 nitrogen and oxygen atoms in total. The van der Waals surface area contributed by atoms with Crippen molar-refractivity contribution in [1.82, 2.24) is 20.6 Å². The number of aromatic amines is 1. The number of hydrogen-bond donors (Lipinski definition) is 2. The highest BCUT2D eigenvalue weighted by Crippen LogP contribution is 2.20. The maximum absolute atomic E-state index is 9.11. The van der Waals surface area contributed by atoms with Gasteiger partial charge in [-0.1, -0.05) is 23.4 Å². The molecule has 0 saturated carbocycles. The third-order valence-electron chi connectivity index (χ3n) is 3.08. The molecule has 0 radical (unpaired) electrons. The Labute approximate surface area is 132 Å². The van der Waals surface area contributed by atoms with Gasteiger partial charge in [-0.2, -0.15) is 10.5 Å². The van der Waals surface area contributed by atoms with Crippen molar-refractivity contribution < 1.29 is 0 Å². The van der Waals surface area contributed by atoms with Gasteiger partial charge in [-0.05, 0) is 36.4 Å². The van der Waals surface area contributed by atoms with Crippen LogP contribution in [0.1, 0.15) is 11.7 Å². The van der Waals surface area contributed by atoms with E-state index in [0.29, 0.717) is 5.82 Å². The van der Waals surface area contributed by atoms with E-state index in [9.17, 15) is 0 Å². The molecule has 0 fully saturated rings. The summed E-state index contributed by atoms with van der Waals surface area (Å²) in [7, 11) is 0. The van der Waals surface area contributed by atoms with E-state index in [-0.39, 0.29) is 0 Å². The Morgan fingerprint density at radius 2 is 1.83 bits per heavy atom. The number of aromatic nitrogens is 4. The molecule has 112 valence electrons. The van der Waals surface area contributed by atoms with Gasteiger partial charge < -0.3 is 5.32 Å². The molecule has 1 unspecified atom stereocenters. The van der Waals surface area contributed by atoms with Gasteiger partial charge >= 0.3 is 0 Å². The van der Waals surface area contributed by atoms with E-state index in [1.807, 2.05) is 54.6 Å². The summed E-state index contributed by atoms with van der Waals surface area (Å²) in [5, 5.41) is 25.7. The third-order valence-corrected chi connectivity index (χ3v) is 3.08. The largest absolute Gasteiger partial charge is 0.356 e. The second kappa shape index (κ2) is 6.95. The maximum Gasteiger partial charge on any atom is 0.197 e. The Balaban J connectivity index is 1.68. The number of anilines is 2. The first-order valence-electron chi connectivity index (χ1n) is 6.94. The molecule has 7 heteroatoms. The van der Waals surface area contributed by atoms with E-state index >= 15 is 0 Å². The van der Waals surface area contributed by atoms with Crippen molar-refractivity contribution in [2.75, 3.05) is 5.32 Å². The van der Waals surface area contributed by atoms with Crippen molar-refractivity contribution >= 4 is 23.3 Å². The molecular formula is C16H13N7. The Bertz CT molecular complexity index is 802. The van der Waals surface area contributed by atoms with Gasteiger partial charge in [-0.3, -0.25) is 4.99 Å². The Hall–Kier alpha value is -3.53. The molecule has 3 aromatic rings. The van der Waals surface area contributed by atoms with Crippen LogP contribution in [0.3, 0.4) is 0 Å². The maximum atomic E-state index is 9.11. The smallest absolute Gasteiger partial charge is 0.197 e. The van der Waals surface area contributed by atoms with Gasteiger partial charge in [0.15, 0.2) is 5.82 Å². The lowest BCUT2D eigenvalue weighted by molar-refractivity contribution is 0.881. The van der Waals surface area contributed by atoms with Gasteiger partial charge in [-0.15, -0.1) is 10.2 Å².